The molecule has 0 radical (unpaired) electrons. The van der Waals surface area contributed by atoms with Crippen LogP contribution in [0.25, 0.3) is 0 Å². The van der Waals surface area contributed by atoms with Gasteiger partial charge in [0.1, 0.15) is 6.17 Å². The van der Waals surface area contributed by atoms with Gasteiger partial charge in [-0.1, -0.05) is 6.08 Å². The van der Waals surface area contributed by atoms with Crippen molar-refractivity contribution in [1.29, 1.82) is 0 Å². The lowest BCUT2D eigenvalue weighted by Crippen LogP contribution is -2.24. The third-order valence-corrected chi connectivity index (χ3v) is 1.49. The summed E-state index contributed by atoms with van der Waals surface area (Å²) in [4.78, 5) is 14.2. The molecule has 1 rings (SSSR count). The Kier molecular flexibility index (Phi) is 2.38. The predicted molar refractivity (Wildman–Crippen MR) is 41.4 cm³/mol. The average Bonchev–Trinajstić information content (AvgIpc) is 1.93. The number of carboxylic acids is 1. The molecule has 0 aromatic carbocycles. The molecule has 1 unspecified atom stereocenters. The van der Waals surface area contributed by atoms with Gasteiger partial charge in [-0.15, -0.1) is 0 Å². The maximum absolute atomic E-state index is 10.3. The van der Waals surface area contributed by atoms with E-state index in [0.717, 1.165) is 0 Å². The number of hydrogen-bond donors (Lipinski definition) is 2. The highest BCUT2D eigenvalue weighted by Gasteiger charge is 2.12. The number of allylic oxidation sites excluding steroid dienone is 1. The van der Waals surface area contributed by atoms with Crippen molar-refractivity contribution in [3.63, 3.8) is 0 Å². The molecule has 3 N–H and O–H groups in total. The van der Waals surface area contributed by atoms with Gasteiger partial charge in [0.2, 0.25) is 0 Å². The van der Waals surface area contributed by atoms with Crippen molar-refractivity contribution in [2.75, 3.05) is 0 Å². The molecule has 0 bridgehead atoms. The van der Waals surface area contributed by atoms with Crippen molar-refractivity contribution in [3.8, 4) is 0 Å². The van der Waals surface area contributed by atoms with Crippen molar-refractivity contribution in [3.05, 3.63) is 11.6 Å². The van der Waals surface area contributed by atoms with Gasteiger partial charge in [-0.3, -0.25) is 9.79 Å². The standard InChI is InChI=1S/C7H10N2O2/c8-7-5(4-6(10)11)2-1-3-9-7/h2-3,7H,1,4,8H2,(H,10,11). The fourth-order valence-corrected chi connectivity index (χ4v) is 0.946. The molecule has 4 heteroatoms. The van der Waals surface area contributed by atoms with Gasteiger partial charge >= 0.3 is 5.97 Å². The second kappa shape index (κ2) is 3.30. The number of aliphatic imine (C=N–C) groups is 1. The van der Waals surface area contributed by atoms with E-state index in [2.05, 4.69) is 4.99 Å². The Morgan fingerprint density at radius 1 is 1.91 bits per heavy atom. The lowest BCUT2D eigenvalue weighted by atomic mass is 10.1. The number of hydrogen-bond acceptors (Lipinski definition) is 3. The van der Waals surface area contributed by atoms with Gasteiger partial charge in [0, 0.05) is 12.6 Å². The summed E-state index contributed by atoms with van der Waals surface area (Å²) in [6, 6.07) is 0. The second-order valence-electron chi connectivity index (χ2n) is 2.36. The number of dihydropyridines is 1. The first-order chi connectivity index (χ1) is 5.20. The first-order valence-corrected chi connectivity index (χ1v) is 3.38. The highest BCUT2D eigenvalue weighted by molar-refractivity contribution is 5.72. The third-order valence-electron chi connectivity index (χ3n) is 1.49. The van der Waals surface area contributed by atoms with Crippen LogP contribution in [0.1, 0.15) is 12.8 Å². The molecule has 0 spiro atoms. The summed E-state index contributed by atoms with van der Waals surface area (Å²) in [5.41, 5.74) is 6.19. The number of nitrogens with two attached hydrogens (primary N) is 1. The van der Waals surface area contributed by atoms with E-state index < -0.39 is 12.1 Å². The maximum Gasteiger partial charge on any atom is 0.307 e. The normalized spacial score (nSPS) is 23.0. The number of carboxylic acid groups (broad SMARTS) is 1. The molecule has 0 aromatic heterocycles. The van der Waals surface area contributed by atoms with Crippen LogP contribution in [0, 0.1) is 0 Å². The van der Waals surface area contributed by atoms with Crippen LogP contribution in [-0.2, 0) is 4.79 Å². The van der Waals surface area contributed by atoms with Crippen LogP contribution in [0.4, 0.5) is 0 Å². The van der Waals surface area contributed by atoms with Gasteiger partial charge in [-0.2, -0.15) is 0 Å². The fraction of sp³-hybridized carbons (Fsp3) is 0.429. The topological polar surface area (TPSA) is 75.7 Å². The Balaban J connectivity index is 2.57. The number of carbonyl (C=O) groups is 1. The molecule has 1 heterocycles. The van der Waals surface area contributed by atoms with Gasteiger partial charge in [-0.25, -0.2) is 0 Å². The van der Waals surface area contributed by atoms with Crippen molar-refractivity contribution < 1.29 is 9.90 Å². The van der Waals surface area contributed by atoms with E-state index in [4.69, 9.17) is 10.8 Å². The summed E-state index contributed by atoms with van der Waals surface area (Å²) in [6.07, 6.45) is 3.75. The van der Waals surface area contributed by atoms with E-state index in [0.29, 0.717) is 12.0 Å². The molecule has 60 valence electrons. The minimum Gasteiger partial charge on any atom is -0.481 e. The molecular formula is C7H10N2O2. The first-order valence-electron chi connectivity index (χ1n) is 3.38. The molecule has 0 saturated heterocycles. The highest BCUT2D eigenvalue weighted by Crippen LogP contribution is 2.11. The minimum absolute atomic E-state index is 0.00148. The highest BCUT2D eigenvalue weighted by atomic mass is 16.4. The Morgan fingerprint density at radius 3 is 3.18 bits per heavy atom. The van der Waals surface area contributed by atoms with Crippen molar-refractivity contribution in [1.82, 2.24) is 0 Å². The summed E-state index contributed by atoms with van der Waals surface area (Å²) < 4.78 is 0. The monoisotopic (exact) mass is 154 g/mol. The second-order valence-corrected chi connectivity index (χ2v) is 2.36. The van der Waals surface area contributed by atoms with Crippen LogP contribution >= 0.6 is 0 Å². The zero-order chi connectivity index (χ0) is 8.27. The lowest BCUT2D eigenvalue weighted by Gasteiger charge is -2.12. The van der Waals surface area contributed by atoms with Gasteiger partial charge in [0.25, 0.3) is 0 Å². The van der Waals surface area contributed by atoms with Crippen molar-refractivity contribution in [2.24, 2.45) is 10.7 Å². The van der Waals surface area contributed by atoms with Crippen LogP contribution in [0.15, 0.2) is 16.6 Å². The Labute approximate surface area is 64.4 Å². The maximum atomic E-state index is 10.3. The van der Waals surface area contributed by atoms with Crippen LogP contribution < -0.4 is 5.73 Å². The van der Waals surface area contributed by atoms with Crippen LogP contribution in [0.2, 0.25) is 0 Å². The molecule has 4 nitrogen and oxygen atoms in total. The van der Waals surface area contributed by atoms with E-state index in [1.165, 1.54) is 0 Å². The summed E-state index contributed by atoms with van der Waals surface area (Å²) in [7, 11) is 0. The zero-order valence-corrected chi connectivity index (χ0v) is 6.03. The smallest absolute Gasteiger partial charge is 0.307 e. The quantitative estimate of drug-likeness (QED) is 0.556. The Morgan fingerprint density at radius 2 is 2.64 bits per heavy atom. The van der Waals surface area contributed by atoms with Gasteiger partial charge in [-0.05, 0) is 5.57 Å². The number of aliphatic carboxylic acids is 1. The van der Waals surface area contributed by atoms with Gasteiger partial charge < -0.3 is 10.8 Å². The zero-order valence-electron chi connectivity index (χ0n) is 6.03. The number of nitrogens with zero attached hydrogens (tertiary/aromatic N) is 1. The SMILES string of the molecule is NC1N=CCC=C1CC(=O)O. The van der Waals surface area contributed by atoms with Gasteiger partial charge in [0.15, 0.2) is 0 Å². The van der Waals surface area contributed by atoms with E-state index >= 15 is 0 Å². The molecule has 1 atom stereocenters. The Bertz CT molecular complexity index is 220. The summed E-state index contributed by atoms with van der Waals surface area (Å²) in [6.45, 7) is 0. The van der Waals surface area contributed by atoms with Crippen molar-refractivity contribution in [2.45, 2.75) is 19.0 Å². The summed E-state index contributed by atoms with van der Waals surface area (Å²) in [5.74, 6) is -0.858. The molecule has 11 heavy (non-hydrogen) atoms. The molecule has 0 saturated carbocycles. The number of rotatable bonds is 2. The molecule has 0 amide bonds. The Hall–Kier alpha value is -1.16. The first kappa shape index (κ1) is 7.94. The molecule has 0 aliphatic carbocycles. The molecule has 0 fully saturated rings. The predicted octanol–water partition coefficient (Wildman–Crippen LogP) is 0.147. The average molecular weight is 154 g/mol. The van der Waals surface area contributed by atoms with E-state index in [9.17, 15) is 4.79 Å². The summed E-state index contributed by atoms with van der Waals surface area (Å²) in [5, 5.41) is 8.44. The van der Waals surface area contributed by atoms with Crippen LogP contribution in [0.5, 0.6) is 0 Å². The van der Waals surface area contributed by atoms with Gasteiger partial charge in [0.05, 0.1) is 6.42 Å². The molecule has 1 aliphatic rings. The van der Waals surface area contributed by atoms with E-state index in [1.54, 1.807) is 6.21 Å². The van der Waals surface area contributed by atoms with E-state index in [-0.39, 0.29) is 6.42 Å². The summed E-state index contributed by atoms with van der Waals surface area (Å²) >= 11 is 0. The molecule has 1 aliphatic heterocycles. The van der Waals surface area contributed by atoms with Crippen LogP contribution in [0.3, 0.4) is 0 Å². The fourth-order valence-electron chi connectivity index (χ4n) is 0.946. The van der Waals surface area contributed by atoms with Crippen LogP contribution in [-0.4, -0.2) is 23.5 Å². The van der Waals surface area contributed by atoms with E-state index in [1.807, 2.05) is 6.08 Å². The molecular weight excluding hydrogens is 144 g/mol. The van der Waals surface area contributed by atoms with Crippen molar-refractivity contribution >= 4 is 12.2 Å². The minimum atomic E-state index is -0.858. The largest absolute Gasteiger partial charge is 0.481 e. The lowest BCUT2D eigenvalue weighted by molar-refractivity contribution is -0.136. The molecule has 0 aromatic rings. The third kappa shape index (κ3) is 2.16.